The second-order valence-electron chi connectivity index (χ2n) is 0.987. The fraction of sp³-hybridized carbons (Fsp3) is 0.250. The Kier molecular flexibility index (Phi) is 2.96. The molecule has 0 spiro atoms. The highest BCUT2D eigenvalue weighted by molar-refractivity contribution is 5.85. The molecule has 3 nitrogen and oxygen atoms in total. The molecule has 0 unspecified atom stereocenters. The summed E-state index contributed by atoms with van der Waals surface area (Å²) in [4.78, 5) is 9.78. The fourth-order valence-electron chi connectivity index (χ4n) is 0.169. The smallest absolute Gasteiger partial charge is 0.241 e. The Morgan fingerprint density at radius 2 is 2.43 bits per heavy atom. The summed E-state index contributed by atoms with van der Waals surface area (Å²) in [6.45, 7) is -0.136. The maximum Gasteiger partial charge on any atom is 0.241 e. The van der Waals surface area contributed by atoms with Crippen molar-refractivity contribution >= 4 is 5.91 Å². The van der Waals surface area contributed by atoms with Crippen LogP contribution in [0.25, 0.3) is 0 Å². The molecule has 0 rings (SSSR count). The zero-order chi connectivity index (χ0) is 5.70. The van der Waals surface area contributed by atoms with Crippen LogP contribution in [-0.2, 0) is 4.79 Å². The molecule has 0 saturated carbocycles. The van der Waals surface area contributed by atoms with Crippen molar-refractivity contribution in [3.05, 3.63) is 12.2 Å². The zero-order valence-corrected chi connectivity index (χ0v) is 3.79. The Labute approximate surface area is 41.4 Å². The minimum atomic E-state index is -0.533. The van der Waals surface area contributed by atoms with Gasteiger partial charge in [0.25, 0.3) is 0 Å². The SMILES string of the molecule is NC(=O)/C=C\CO. The first kappa shape index (κ1) is 6.17. The third kappa shape index (κ3) is 5.17. The van der Waals surface area contributed by atoms with Gasteiger partial charge in [0.05, 0.1) is 6.61 Å². The van der Waals surface area contributed by atoms with E-state index in [0.29, 0.717) is 0 Å². The lowest BCUT2D eigenvalue weighted by molar-refractivity contribution is -0.113. The van der Waals surface area contributed by atoms with Crippen LogP contribution < -0.4 is 5.73 Å². The molecule has 0 bridgehead atoms. The molecule has 7 heavy (non-hydrogen) atoms. The monoisotopic (exact) mass is 101 g/mol. The number of hydrogen-bond donors (Lipinski definition) is 2. The van der Waals surface area contributed by atoms with E-state index in [9.17, 15) is 4.79 Å². The van der Waals surface area contributed by atoms with Crippen molar-refractivity contribution in [3.8, 4) is 0 Å². The molecule has 0 aromatic carbocycles. The Hall–Kier alpha value is -0.830. The van der Waals surface area contributed by atoms with E-state index in [0.717, 1.165) is 6.08 Å². The van der Waals surface area contributed by atoms with Gasteiger partial charge in [-0.2, -0.15) is 0 Å². The predicted molar refractivity (Wildman–Crippen MR) is 25.4 cm³/mol. The van der Waals surface area contributed by atoms with Crippen LogP contribution in [0.1, 0.15) is 0 Å². The molecule has 3 N–H and O–H groups in total. The quantitative estimate of drug-likeness (QED) is 0.439. The number of carbonyl (C=O) groups excluding carboxylic acids is 1. The predicted octanol–water partition coefficient (Wildman–Crippen LogP) is -0.980. The molecule has 0 aliphatic heterocycles. The van der Waals surface area contributed by atoms with Crippen LogP contribution in [0, 0.1) is 0 Å². The first-order valence-electron chi connectivity index (χ1n) is 1.84. The second-order valence-corrected chi connectivity index (χ2v) is 0.987. The van der Waals surface area contributed by atoms with E-state index in [2.05, 4.69) is 5.73 Å². The third-order valence-electron chi connectivity index (χ3n) is 0.388. The summed E-state index contributed by atoms with van der Waals surface area (Å²) in [6, 6.07) is 0. The minimum absolute atomic E-state index is 0.136. The van der Waals surface area contributed by atoms with Crippen LogP contribution in [0.3, 0.4) is 0 Å². The molecular weight excluding hydrogens is 94.0 g/mol. The van der Waals surface area contributed by atoms with Crippen molar-refractivity contribution in [2.24, 2.45) is 5.73 Å². The van der Waals surface area contributed by atoms with Gasteiger partial charge in [0.2, 0.25) is 5.91 Å². The minimum Gasteiger partial charge on any atom is -0.392 e. The summed E-state index contributed by atoms with van der Waals surface area (Å²) in [7, 11) is 0. The Morgan fingerprint density at radius 3 is 2.57 bits per heavy atom. The Bertz CT molecular complexity index is 87.7. The van der Waals surface area contributed by atoms with Crippen molar-refractivity contribution in [3.63, 3.8) is 0 Å². The van der Waals surface area contributed by atoms with E-state index in [1.54, 1.807) is 0 Å². The molecule has 0 aromatic heterocycles. The number of nitrogens with two attached hydrogens (primary N) is 1. The van der Waals surface area contributed by atoms with E-state index in [1.807, 2.05) is 0 Å². The van der Waals surface area contributed by atoms with Crippen molar-refractivity contribution in [2.75, 3.05) is 6.61 Å². The topological polar surface area (TPSA) is 63.3 Å². The lowest BCUT2D eigenvalue weighted by atomic mass is 10.5. The van der Waals surface area contributed by atoms with Gasteiger partial charge in [-0.1, -0.05) is 6.08 Å². The average molecular weight is 101 g/mol. The lowest BCUT2D eigenvalue weighted by Gasteiger charge is -1.74. The molecule has 0 aliphatic carbocycles. The summed E-state index contributed by atoms with van der Waals surface area (Å²) >= 11 is 0. The van der Waals surface area contributed by atoms with Crippen molar-refractivity contribution in [2.45, 2.75) is 0 Å². The van der Waals surface area contributed by atoms with Crippen LogP contribution >= 0.6 is 0 Å². The van der Waals surface area contributed by atoms with Gasteiger partial charge in [-0.3, -0.25) is 4.79 Å². The van der Waals surface area contributed by atoms with Crippen molar-refractivity contribution < 1.29 is 9.90 Å². The molecule has 0 heterocycles. The van der Waals surface area contributed by atoms with Gasteiger partial charge in [-0.15, -0.1) is 0 Å². The molecule has 0 aliphatic rings. The van der Waals surface area contributed by atoms with E-state index in [4.69, 9.17) is 5.11 Å². The number of aliphatic hydroxyl groups excluding tert-OH is 1. The van der Waals surface area contributed by atoms with Gasteiger partial charge >= 0.3 is 0 Å². The van der Waals surface area contributed by atoms with Crippen molar-refractivity contribution in [1.82, 2.24) is 0 Å². The Balaban J connectivity index is 3.26. The van der Waals surface area contributed by atoms with Crippen molar-refractivity contribution in [1.29, 1.82) is 0 Å². The summed E-state index contributed by atoms with van der Waals surface area (Å²) in [5, 5.41) is 8.02. The van der Waals surface area contributed by atoms with Gasteiger partial charge in [0.15, 0.2) is 0 Å². The second kappa shape index (κ2) is 3.36. The molecule has 0 aromatic rings. The Morgan fingerprint density at radius 1 is 1.86 bits per heavy atom. The molecule has 0 radical (unpaired) electrons. The highest BCUT2D eigenvalue weighted by Gasteiger charge is 1.76. The van der Waals surface area contributed by atoms with E-state index in [1.165, 1.54) is 6.08 Å². The fourth-order valence-corrected chi connectivity index (χ4v) is 0.169. The highest BCUT2D eigenvalue weighted by Crippen LogP contribution is 1.64. The summed E-state index contributed by atoms with van der Waals surface area (Å²) in [6.07, 6.45) is 2.39. The van der Waals surface area contributed by atoms with Crippen LogP contribution in [0.2, 0.25) is 0 Å². The number of aliphatic hydroxyl groups is 1. The first-order chi connectivity index (χ1) is 3.27. The maximum atomic E-state index is 9.78. The number of hydrogen-bond acceptors (Lipinski definition) is 2. The average Bonchev–Trinajstić information content (AvgIpc) is 1.61. The van der Waals surface area contributed by atoms with Gasteiger partial charge < -0.3 is 10.8 Å². The molecule has 40 valence electrons. The van der Waals surface area contributed by atoms with Gasteiger partial charge in [0.1, 0.15) is 0 Å². The number of carbonyl (C=O) groups is 1. The summed E-state index contributed by atoms with van der Waals surface area (Å²) in [5.41, 5.74) is 4.64. The van der Waals surface area contributed by atoms with Crippen LogP contribution in [0.5, 0.6) is 0 Å². The van der Waals surface area contributed by atoms with Gasteiger partial charge in [-0.25, -0.2) is 0 Å². The highest BCUT2D eigenvalue weighted by atomic mass is 16.2. The normalized spacial score (nSPS) is 9.86. The molecule has 0 saturated heterocycles. The van der Waals surface area contributed by atoms with Crippen LogP contribution in [0.4, 0.5) is 0 Å². The number of primary amides is 1. The third-order valence-corrected chi connectivity index (χ3v) is 0.388. The standard InChI is InChI=1S/C4H7NO2/c5-4(7)2-1-3-6/h1-2,6H,3H2,(H2,5,7)/b2-1-. The molecule has 3 heteroatoms. The summed E-state index contributed by atoms with van der Waals surface area (Å²) < 4.78 is 0. The molecule has 0 fully saturated rings. The lowest BCUT2D eigenvalue weighted by Crippen LogP contribution is -2.05. The van der Waals surface area contributed by atoms with Gasteiger partial charge in [-0.05, 0) is 0 Å². The summed E-state index contributed by atoms with van der Waals surface area (Å²) in [5.74, 6) is -0.533. The van der Waals surface area contributed by atoms with E-state index in [-0.39, 0.29) is 6.61 Å². The molecule has 0 atom stereocenters. The van der Waals surface area contributed by atoms with Crippen LogP contribution in [0.15, 0.2) is 12.2 Å². The van der Waals surface area contributed by atoms with Gasteiger partial charge in [0, 0.05) is 6.08 Å². The largest absolute Gasteiger partial charge is 0.392 e. The van der Waals surface area contributed by atoms with Crippen LogP contribution in [-0.4, -0.2) is 17.6 Å². The van der Waals surface area contributed by atoms with E-state index >= 15 is 0 Å². The zero-order valence-electron chi connectivity index (χ0n) is 3.79. The molecular formula is C4H7NO2. The number of rotatable bonds is 2. The first-order valence-corrected chi connectivity index (χ1v) is 1.84. The van der Waals surface area contributed by atoms with E-state index < -0.39 is 5.91 Å². The number of amides is 1. The maximum absolute atomic E-state index is 9.78. The molecule has 1 amide bonds.